The zero-order valence-electron chi connectivity index (χ0n) is 16.8. The number of ketones is 1. The first-order valence-corrected chi connectivity index (χ1v) is 10.4. The van der Waals surface area contributed by atoms with E-state index in [1.165, 1.54) is 31.3 Å². The number of fused-ring (bicyclic) bond motifs is 5. The molecule has 0 aromatic heterocycles. The third kappa shape index (κ3) is 3.04. The van der Waals surface area contributed by atoms with Crippen molar-refractivity contribution >= 4 is 5.78 Å². The van der Waals surface area contributed by atoms with E-state index < -0.39 is 0 Å². The first-order valence-electron chi connectivity index (χ1n) is 10.4. The summed E-state index contributed by atoms with van der Waals surface area (Å²) in [5, 5.41) is 0. The average Bonchev–Trinajstić information content (AvgIpc) is 3.01. The number of hydrogen-bond acceptors (Lipinski definition) is 1. The summed E-state index contributed by atoms with van der Waals surface area (Å²) in [7, 11) is 0. The van der Waals surface area contributed by atoms with Crippen molar-refractivity contribution in [2.45, 2.75) is 86.5 Å². The molecule has 0 aliphatic heterocycles. The summed E-state index contributed by atoms with van der Waals surface area (Å²) in [5.74, 6) is 3.00. The monoisotopic (exact) mass is 330 g/mol. The first kappa shape index (κ1) is 19.5. The molecule has 0 N–H and O–H groups in total. The van der Waals surface area contributed by atoms with Crippen molar-refractivity contribution in [3.63, 3.8) is 0 Å². The molecule has 0 aromatic carbocycles. The van der Waals surface area contributed by atoms with Gasteiger partial charge in [-0.05, 0) is 60.7 Å². The SMILES string of the molecule is CC.CC.CC12C=CCC1C1CC=C3CC(=O)CCC3(C)C1CC2. The van der Waals surface area contributed by atoms with Crippen molar-refractivity contribution in [3.8, 4) is 0 Å². The summed E-state index contributed by atoms with van der Waals surface area (Å²) in [4.78, 5) is 11.8. The number of Topliss-reactive ketones (excluding diaryl/α,β-unsaturated/α-hetero) is 1. The van der Waals surface area contributed by atoms with Crippen LogP contribution in [0.3, 0.4) is 0 Å². The fraction of sp³-hybridized carbons (Fsp3) is 0.783. The molecule has 0 heterocycles. The lowest BCUT2D eigenvalue weighted by Gasteiger charge is -2.56. The highest BCUT2D eigenvalue weighted by Crippen LogP contribution is 2.63. The van der Waals surface area contributed by atoms with Crippen LogP contribution in [0.25, 0.3) is 0 Å². The van der Waals surface area contributed by atoms with Gasteiger partial charge in [-0.1, -0.05) is 65.3 Å². The first-order chi connectivity index (χ1) is 11.5. The van der Waals surface area contributed by atoms with E-state index in [0.717, 1.165) is 37.0 Å². The van der Waals surface area contributed by atoms with Crippen molar-refractivity contribution in [3.05, 3.63) is 23.8 Å². The minimum atomic E-state index is 0.334. The molecular formula is C23H38O. The Kier molecular flexibility index (Phi) is 6.15. The van der Waals surface area contributed by atoms with Crippen molar-refractivity contribution in [1.29, 1.82) is 0 Å². The summed E-state index contributed by atoms with van der Waals surface area (Å²) in [6, 6.07) is 0. The minimum absolute atomic E-state index is 0.334. The van der Waals surface area contributed by atoms with E-state index in [1.807, 2.05) is 27.7 Å². The van der Waals surface area contributed by atoms with Crippen LogP contribution in [0.1, 0.15) is 86.5 Å². The van der Waals surface area contributed by atoms with E-state index in [-0.39, 0.29) is 0 Å². The molecule has 136 valence electrons. The Hall–Kier alpha value is -0.850. The van der Waals surface area contributed by atoms with Gasteiger partial charge in [0.2, 0.25) is 0 Å². The highest BCUT2D eigenvalue weighted by Gasteiger charge is 2.54. The Morgan fingerprint density at radius 2 is 1.71 bits per heavy atom. The molecule has 1 heteroatoms. The van der Waals surface area contributed by atoms with E-state index in [2.05, 4.69) is 32.1 Å². The maximum atomic E-state index is 11.8. The lowest BCUT2D eigenvalue weighted by atomic mass is 9.48. The number of rotatable bonds is 0. The van der Waals surface area contributed by atoms with Gasteiger partial charge in [0.1, 0.15) is 5.78 Å². The summed E-state index contributed by atoms with van der Waals surface area (Å²) in [5.41, 5.74) is 2.29. The van der Waals surface area contributed by atoms with E-state index in [4.69, 9.17) is 0 Å². The second kappa shape index (κ2) is 7.58. The molecule has 0 aromatic rings. The quantitative estimate of drug-likeness (QED) is 0.450. The third-order valence-corrected chi connectivity index (χ3v) is 7.26. The topological polar surface area (TPSA) is 17.1 Å². The molecule has 4 aliphatic carbocycles. The highest BCUT2D eigenvalue weighted by atomic mass is 16.1. The zero-order valence-corrected chi connectivity index (χ0v) is 16.8. The Morgan fingerprint density at radius 1 is 1.00 bits per heavy atom. The third-order valence-electron chi connectivity index (χ3n) is 7.26. The lowest BCUT2D eigenvalue weighted by Crippen LogP contribution is -2.48. The Bertz CT molecular complexity index is 514. The van der Waals surface area contributed by atoms with Crippen molar-refractivity contribution in [2.24, 2.45) is 28.6 Å². The van der Waals surface area contributed by atoms with Gasteiger partial charge in [0, 0.05) is 12.8 Å². The standard InChI is InChI=1S/C19H26O.2C2H6/c1-18-9-3-4-16(18)15-6-5-13-12-14(20)7-11-19(13,2)17(15)8-10-18;2*1-2/h3,5,9,15-17H,4,6-8,10-12H2,1-2H3;2*1-2H3. The molecule has 0 radical (unpaired) electrons. The predicted molar refractivity (Wildman–Crippen MR) is 104 cm³/mol. The van der Waals surface area contributed by atoms with Gasteiger partial charge in [0.05, 0.1) is 0 Å². The second-order valence-corrected chi connectivity index (χ2v) is 8.16. The van der Waals surface area contributed by atoms with Crippen molar-refractivity contribution in [2.75, 3.05) is 0 Å². The van der Waals surface area contributed by atoms with Gasteiger partial charge in [-0.2, -0.15) is 0 Å². The minimum Gasteiger partial charge on any atom is -0.299 e. The van der Waals surface area contributed by atoms with Crippen LogP contribution in [-0.4, -0.2) is 5.78 Å². The van der Waals surface area contributed by atoms with Crippen LogP contribution in [-0.2, 0) is 4.79 Å². The number of hydrogen-bond donors (Lipinski definition) is 0. The molecule has 0 amide bonds. The summed E-state index contributed by atoms with van der Waals surface area (Å²) >= 11 is 0. The van der Waals surface area contributed by atoms with Crippen LogP contribution >= 0.6 is 0 Å². The fourth-order valence-corrected chi connectivity index (χ4v) is 5.96. The molecule has 5 atom stereocenters. The molecule has 4 aliphatic rings. The second-order valence-electron chi connectivity index (χ2n) is 8.16. The molecule has 2 fully saturated rings. The van der Waals surface area contributed by atoms with Gasteiger partial charge in [0.25, 0.3) is 0 Å². The van der Waals surface area contributed by atoms with Crippen molar-refractivity contribution in [1.82, 2.24) is 0 Å². The smallest absolute Gasteiger partial charge is 0.136 e. The Labute approximate surface area is 150 Å². The molecule has 1 nitrogen and oxygen atoms in total. The van der Waals surface area contributed by atoms with Crippen LogP contribution in [0.5, 0.6) is 0 Å². The van der Waals surface area contributed by atoms with Crippen LogP contribution in [0.2, 0.25) is 0 Å². The van der Waals surface area contributed by atoms with Gasteiger partial charge in [-0.3, -0.25) is 4.79 Å². The molecule has 0 bridgehead atoms. The molecule has 24 heavy (non-hydrogen) atoms. The maximum Gasteiger partial charge on any atom is 0.136 e. The molecule has 4 rings (SSSR count). The van der Waals surface area contributed by atoms with E-state index in [9.17, 15) is 4.79 Å². The molecule has 0 saturated heterocycles. The van der Waals surface area contributed by atoms with E-state index in [1.54, 1.807) is 0 Å². The highest BCUT2D eigenvalue weighted by molar-refractivity contribution is 5.82. The lowest BCUT2D eigenvalue weighted by molar-refractivity contribution is -0.122. The van der Waals surface area contributed by atoms with Gasteiger partial charge in [0.15, 0.2) is 0 Å². The summed E-state index contributed by atoms with van der Waals surface area (Å²) in [6.07, 6.45) is 15.3. The normalized spacial score (nSPS) is 42.3. The Balaban J connectivity index is 0.000000487. The molecule has 2 saturated carbocycles. The van der Waals surface area contributed by atoms with Crippen LogP contribution < -0.4 is 0 Å². The number of carbonyl (C=O) groups excluding carboxylic acids is 1. The van der Waals surface area contributed by atoms with Crippen LogP contribution in [0, 0.1) is 28.6 Å². The Morgan fingerprint density at radius 3 is 2.42 bits per heavy atom. The average molecular weight is 331 g/mol. The van der Waals surface area contributed by atoms with Gasteiger partial charge in [-0.25, -0.2) is 0 Å². The fourth-order valence-electron chi connectivity index (χ4n) is 5.96. The van der Waals surface area contributed by atoms with E-state index >= 15 is 0 Å². The predicted octanol–water partition coefficient (Wildman–Crippen LogP) is 6.74. The zero-order chi connectivity index (χ0) is 18.0. The van der Waals surface area contributed by atoms with Gasteiger partial charge < -0.3 is 0 Å². The summed E-state index contributed by atoms with van der Waals surface area (Å²) in [6.45, 7) is 12.9. The van der Waals surface area contributed by atoms with Crippen molar-refractivity contribution < 1.29 is 4.79 Å². The molecule has 0 spiro atoms. The van der Waals surface area contributed by atoms with Gasteiger partial charge >= 0.3 is 0 Å². The van der Waals surface area contributed by atoms with Gasteiger partial charge in [-0.15, -0.1) is 0 Å². The number of carbonyl (C=O) groups is 1. The maximum absolute atomic E-state index is 11.8. The van der Waals surface area contributed by atoms with Crippen LogP contribution in [0.15, 0.2) is 23.8 Å². The number of allylic oxidation sites excluding steroid dienone is 4. The molecule has 5 unspecified atom stereocenters. The largest absolute Gasteiger partial charge is 0.299 e. The summed E-state index contributed by atoms with van der Waals surface area (Å²) < 4.78 is 0. The van der Waals surface area contributed by atoms with Crippen LogP contribution in [0.4, 0.5) is 0 Å². The molecular weight excluding hydrogens is 292 g/mol. The van der Waals surface area contributed by atoms with E-state index in [0.29, 0.717) is 16.6 Å².